The number of thioether (sulfide) groups is 1. The highest BCUT2D eigenvalue weighted by atomic mass is 35.5. The fourth-order valence-electron chi connectivity index (χ4n) is 1.76. The van der Waals surface area contributed by atoms with Crippen LogP contribution in [0, 0.1) is 0 Å². The van der Waals surface area contributed by atoms with Crippen molar-refractivity contribution in [2.75, 3.05) is 19.5 Å². The van der Waals surface area contributed by atoms with Crippen molar-refractivity contribution in [3.05, 3.63) is 50.4 Å². The van der Waals surface area contributed by atoms with E-state index in [1.54, 1.807) is 18.2 Å². The Morgan fingerprint density at radius 1 is 1.33 bits per heavy atom. The number of hydrogen-bond donors (Lipinski definition) is 1. The average molecular weight is 389 g/mol. The number of nitrogens with one attached hydrogen (secondary N) is 1. The zero-order valence-corrected chi connectivity index (χ0v) is 15.0. The monoisotopic (exact) mass is 388 g/mol. The first kappa shape index (κ1) is 18.6. The summed E-state index contributed by atoms with van der Waals surface area (Å²) < 4.78 is 10.1. The van der Waals surface area contributed by atoms with Gasteiger partial charge in [0.1, 0.15) is 0 Å². The highest BCUT2D eigenvalue weighted by molar-refractivity contribution is 7.99. The van der Waals surface area contributed by atoms with E-state index < -0.39 is 5.97 Å². The maximum Gasteiger partial charge on any atom is 0.311 e. The van der Waals surface area contributed by atoms with Crippen LogP contribution in [-0.4, -0.2) is 35.4 Å². The van der Waals surface area contributed by atoms with Gasteiger partial charge >= 0.3 is 5.97 Å². The second-order valence-electron chi connectivity index (χ2n) is 4.54. The summed E-state index contributed by atoms with van der Waals surface area (Å²) in [6.07, 6.45) is -0.0558. The molecule has 1 N–H and O–H groups in total. The van der Waals surface area contributed by atoms with Crippen LogP contribution in [0.3, 0.4) is 0 Å². The minimum atomic E-state index is -0.458. The van der Waals surface area contributed by atoms with E-state index in [0.717, 1.165) is 0 Å². The molecule has 0 unspecified atom stereocenters. The standard InChI is InChI=1S/C15H14Cl2N2O4S/c1-22-13(21)8-9-7-12(20)19-15(18-9)24-6-5-23-14-10(16)3-2-4-11(14)17/h2-4,7H,5-6,8H2,1H3,(H,18,19,20). The van der Waals surface area contributed by atoms with E-state index in [4.69, 9.17) is 27.9 Å². The molecule has 0 aliphatic heterocycles. The van der Waals surface area contributed by atoms with Crippen LogP contribution in [0.4, 0.5) is 0 Å². The van der Waals surface area contributed by atoms with Crippen LogP contribution in [-0.2, 0) is 16.0 Å². The van der Waals surface area contributed by atoms with Gasteiger partial charge in [0, 0.05) is 11.8 Å². The number of esters is 1. The lowest BCUT2D eigenvalue weighted by molar-refractivity contribution is -0.139. The van der Waals surface area contributed by atoms with Gasteiger partial charge in [0.05, 0.1) is 35.9 Å². The lowest BCUT2D eigenvalue weighted by atomic mass is 10.3. The van der Waals surface area contributed by atoms with Gasteiger partial charge in [-0.1, -0.05) is 41.0 Å². The number of aromatic amines is 1. The molecule has 128 valence electrons. The number of carbonyl (C=O) groups excluding carboxylic acids is 1. The van der Waals surface area contributed by atoms with Crippen molar-refractivity contribution in [2.45, 2.75) is 11.6 Å². The third-order valence-corrected chi connectivity index (χ3v) is 4.25. The third-order valence-electron chi connectivity index (χ3n) is 2.81. The van der Waals surface area contributed by atoms with Gasteiger partial charge in [-0.2, -0.15) is 0 Å². The second-order valence-corrected chi connectivity index (χ2v) is 6.44. The lowest BCUT2D eigenvalue weighted by Gasteiger charge is -2.09. The van der Waals surface area contributed by atoms with E-state index in [0.29, 0.717) is 39.0 Å². The smallest absolute Gasteiger partial charge is 0.311 e. The molecule has 1 heterocycles. The number of para-hydroxylation sites is 1. The van der Waals surface area contributed by atoms with Gasteiger partial charge in [-0.15, -0.1) is 0 Å². The number of H-pyrrole nitrogens is 1. The van der Waals surface area contributed by atoms with Crippen LogP contribution in [0.2, 0.25) is 10.0 Å². The van der Waals surface area contributed by atoms with Crippen molar-refractivity contribution in [3.8, 4) is 5.75 Å². The molecule has 0 saturated heterocycles. The minimum absolute atomic E-state index is 0.0558. The number of halogens is 2. The molecule has 0 bridgehead atoms. The predicted octanol–water partition coefficient (Wildman–Crippen LogP) is 2.96. The van der Waals surface area contributed by atoms with Gasteiger partial charge in [0.2, 0.25) is 0 Å². The Morgan fingerprint density at radius 3 is 2.71 bits per heavy atom. The zero-order chi connectivity index (χ0) is 17.5. The summed E-state index contributed by atoms with van der Waals surface area (Å²) in [6.45, 7) is 0.319. The summed E-state index contributed by atoms with van der Waals surface area (Å²) in [4.78, 5) is 29.7. The average Bonchev–Trinajstić information content (AvgIpc) is 2.53. The molecule has 0 atom stereocenters. The summed E-state index contributed by atoms with van der Waals surface area (Å²) in [6, 6.07) is 6.37. The Labute approximate surface area is 152 Å². The van der Waals surface area contributed by atoms with Crippen molar-refractivity contribution >= 4 is 40.9 Å². The maximum absolute atomic E-state index is 11.6. The lowest BCUT2D eigenvalue weighted by Crippen LogP contribution is -2.14. The van der Waals surface area contributed by atoms with Gasteiger partial charge in [-0.05, 0) is 12.1 Å². The zero-order valence-electron chi connectivity index (χ0n) is 12.7. The van der Waals surface area contributed by atoms with Crippen LogP contribution < -0.4 is 10.3 Å². The molecule has 0 spiro atoms. The largest absolute Gasteiger partial charge is 0.490 e. The summed E-state index contributed by atoms with van der Waals surface area (Å²) in [5.41, 5.74) is 0.0182. The number of benzene rings is 1. The first-order chi connectivity index (χ1) is 11.5. The van der Waals surface area contributed by atoms with Gasteiger partial charge < -0.3 is 14.5 Å². The van der Waals surface area contributed by atoms with Crippen molar-refractivity contribution in [2.24, 2.45) is 0 Å². The molecule has 1 aromatic carbocycles. The van der Waals surface area contributed by atoms with Crippen molar-refractivity contribution in [1.82, 2.24) is 9.97 Å². The quantitative estimate of drug-likeness (QED) is 0.339. The molecular formula is C15H14Cl2N2O4S. The molecule has 0 aliphatic rings. The minimum Gasteiger partial charge on any atom is -0.490 e. The fraction of sp³-hybridized carbons (Fsp3) is 0.267. The Kier molecular flexibility index (Phi) is 6.96. The first-order valence-corrected chi connectivity index (χ1v) is 8.60. The molecule has 2 rings (SSSR count). The Balaban J connectivity index is 1.92. The van der Waals surface area contributed by atoms with Crippen LogP contribution in [0.5, 0.6) is 5.75 Å². The number of hydrogen-bond acceptors (Lipinski definition) is 6. The fourth-order valence-corrected chi connectivity index (χ4v) is 2.99. The molecule has 1 aromatic heterocycles. The van der Waals surface area contributed by atoms with E-state index in [2.05, 4.69) is 14.7 Å². The molecule has 0 fully saturated rings. The van der Waals surface area contributed by atoms with E-state index >= 15 is 0 Å². The van der Waals surface area contributed by atoms with Crippen LogP contribution in [0.25, 0.3) is 0 Å². The van der Waals surface area contributed by atoms with Crippen LogP contribution in [0.1, 0.15) is 5.69 Å². The Bertz CT molecular complexity index is 762. The summed E-state index contributed by atoms with van der Waals surface area (Å²) in [5, 5.41) is 1.26. The summed E-state index contributed by atoms with van der Waals surface area (Å²) >= 11 is 13.3. The van der Waals surface area contributed by atoms with Gasteiger partial charge in [-0.3, -0.25) is 9.59 Å². The number of aromatic nitrogens is 2. The molecule has 2 aromatic rings. The van der Waals surface area contributed by atoms with Gasteiger partial charge in [0.15, 0.2) is 10.9 Å². The molecule has 9 heteroatoms. The number of rotatable bonds is 7. The number of nitrogens with zero attached hydrogens (tertiary/aromatic N) is 1. The molecule has 6 nitrogen and oxygen atoms in total. The van der Waals surface area contributed by atoms with Crippen LogP contribution >= 0.6 is 35.0 Å². The summed E-state index contributed by atoms with van der Waals surface area (Å²) in [5.74, 6) is 0.467. The molecule has 0 radical (unpaired) electrons. The van der Waals surface area contributed by atoms with E-state index in [9.17, 15) is 9.59 Å². The maximum atomic E-state index is 11.6. The van der Waals surface area contributed by atoms with Crippen LogP contribution in [0.15, 0.2) is 34.2 Å². The van der Waals surface area contributed by atoms with E-state index in [1.165, 1.54) is 24.9 Å². The topological polar surface area (TPSA) is 81.3 Å². The predicted molar refractivity (Wildman–Crippen MR) is 93.3 cm³/mol. The SMILES string of the molecule is COC(=O)Cc1cc(=O)[nH]c(SCCOc2c(Cl)cccc2Cl)n1. The van der Waals surface area contributed by atoms with Gasteiger partial charge in [-0.25, -0.2) is 4.98 Å². The molecule has 0 aliphatic carbocycles. The first-order valence-electron chi connectivity index (χ1n) is 6.86. The Morgan fingerprint density at radius 2 is 2.04 bits per heavy atom. The second kappa shape index (κ2) is 8.96. The van der Waals surface area contributed by atoms with Crippen molar-refractivity contribution < 1.29 is 14.3 Å². The normalized spacial score (nSPS) is 10.5. The molecule has 0 amide bonds. The van der Waals surface area contributed by atoms with Crippen molar-refractivity contribution in [1.29, 1.82) is 0 Å². The highest BCUT2D eigenvalue weighted by Gasteiger charge is 2.09. The van der Waals surface area contributed by atoms with E-state index in [1.807, 2.05) is 0 Å². The van der Waals surface area contributed by atoms with Gasteiger partial charge in [0.25, 0.3) is 5.56 Å². The van der Waals surface area contributed by atoms with E-state index in [-0.39, 0.29) is 12.0 Å². The third kappa shape index (κ3) is 5.43. The summed E-state index contributed by atoms with van der Waals surface area (Å²) in [7, 11) is 1.28. The number of carbonyl (C=O) groups is 1. The highest BCUT2D eigenvalue weighted by Crippen LogP contribution is 2.32. The number of methoxy groups -OCH3 is 1. The Hall–Kier alpha value is -1.70. The molecule has 0 saturated carbocycles. The van der Waals surface area contributed by atoms with Crippen molar-refractivity contribution in [3.63, 3.8) is 0 Å². The molecular weight excluding hydrogens is 375 g/mol. The molecule has 24 heavy (non-hydrogen) atoms. The number of ether oxygens (including phenoxy) is 2.